The molecule has 1 N–H and O–H groups in total. The van der Waals surface area contributed by atoms with Gasteiger partial charge in [-0.1, -0.05) is 6.07 Å². The maximum atomic E-state index is 13.8. The average Bonchev–Trinajstić information content (AvgIpc) is 2.87. The largest absolute Gasteiger partial charge is 0.494 e. The standard InChI is InChI=1S/C18H14FN3O2S/c1-9-10(2)25-18-15(9)17(23)21-16(22-18)12(8-20)6-11-4-5-14(24-3)13(19)7-11/h4-7H,1-3H3,(H,21,22,23)/b12-6+. The van der Waals surface area contributed by atoms with Crippen molar-refractivity contribution >= 4 is 33.2 Å². The van der Waals surface area contributed by atoms with Crippen LogP contribution in [0.3, 0.4) is 0 Å². The van der Waals surface area contributed by atoms with Crippen molar-refractivity contribution in [1.82, 2.24) is 9.97 Å². The van der Waals surface area contributed by atoms with Crippen LogP contribution in [0, 0.1) is 31.0 Å². The van der Waals surface area contributed by atoms with Crippen molar-refractivity contribution in [1.29, 1.82) is 5.26 Å². The Balaban J connectivity index is 2.13. The number of aromatic nitrogens is 2. The fraction of sp³-hybridized carbons (Fsp3) is 0.167. The number of nitrogens with zero attached hydrogens (tertiary/aromatic N) is 2. The summed E-state index contributed by atoms with van der Waals surface area (Å²) in [6.07, 6.45) is 1.47. The number of halogens is 1. The van der Waals surface area contributed by atoms with Crippen molar-refractivity contribution < 1.29 is 9.13 Å². The molecule has 0 unspecified atom stereocenters. The number of hydrogen-bond acceptors (Lipinski definition) is 5. The number of ether oxygens (including phenoxy) is 1. The monoisotopic (exact) mass is 355 g/mol. The Morgan fingerprint density at radius 2 is 2.20 bits per heavy atom. The van der Waals surface area contributed by atoms with E-state index in [4.69, 9.17) is 4.74 Å². The van der Waals surface area contributed by atoms with Crippen molar-refractivity contribution in [2.24, 2.45) is 0 Å². The van der Waals surface area contributed by atoms with Crippen molar-refractivity contribution in [2.45, 2.75) is 13.8 Å². The summed E-state index contributed by atoms with van der Waals surface area (Å²) in [7, 11) is 1.38. The fourth-order valence-electron chi connectivity index (χ4n) is 2.47. The highest BCUT2D eigenvalue weighted by atomic mass is 32.1. The first-order chi connectivity index (χ1) is 11.9. The van der Waals surface area contributed by atoms with Gasteiger partial charge in [0.05, 0.1) is 18.1 Å². The lowest BCUT2D eigenvalue weighted by Gasteiger charge is -2.03. The number of fused-ring (bicyclic) bond motifs is 1. The van der Waals surface area contributed by atoms with Crippen LogP contribution in [0.4, 0.5) is 4.39 Å². The Labute approximate surface area is 147 Å². The van der Waals surface area contributed by atoms with Gasteiger partial charge in [-0.05, 0) is 43.2 Å². The van der Waals surface area contributed by atoms with Crippen LogP contribution in [0.1, 0.15) is 21.8 Å². The molecule has 0 amide bonds. The topological polar surface area (TPSA) is 78.8 Å². The molecule has 3 aromatic rings. The first kappa shape index (κ1) is 16.9. The first-order valence-corrected chi connectivity index (χ1v) is 8.22. The van der Waals surface area contributed by atoms with Gasteiger partial charge in [0.1, 0.15) is 10.9 Å². The van der Waals surface area contributed by atoms with Gasteiger partial charge in [0, 0.05) is 4.88 Å². The summed E-state index contributed by atoms with van der Waals surface area (Å²) >= 11 is 1.40. The van der Waals surface area contributed by atoms with E-state index in [1.54, 1.807) is 6.07 Å². The van der Waals surface area contributed by atoms with E-state index in [2.05, 4.69) is 9.97 Å². The quantitative estimate of drug-likeness (QED) is 0.725. The predicted molar refractivity (Wildman–Crippen MR) is 96.2 cm³/mol. The molecule has 1 aromatic carbocycles. The minimum absolute atomic E-state index is 0.119. The molecule has 0 atom stereocenters. The molecule has 0 spiro atoms. The van der Waals surface area contributed by atoms with Crippen LogP contribution in [0.5, 0.6) is 5.75 Å². The zero-order chi connectivity index (χ0) is 18.1. The van der Waals surface area contributed by atoms with Crippen LogP contribution in [-0.2, 0) is 0 Å². The van der Waals surface area contributed by atoms with Crippen molar-refractivity contribution in [3.05, 3.63) is 56.2 Å². The SMILES string of the molecule is COc1ccc(/C=C(\C#N)c2nc3sc(C)c(C)c3c(=O)[nH]2)cc1F. The molecule has 25 heavy (non-hydrogen) atoms. The van der Waals surface area contributed by atoms with E-state index < -0.39 is 5.82 Å². The number of rotatable bonds is 3. The van der Waals surface area contributed by atoms with Crippen LogP contribution in [-0.4, -0.2) is 17.1 Å². The van der Waals surface area contributed by atoms with Gasteiger partial charge in [-0.2, -0.15) is 5.26 Å². The van der Waals surface area contributed by atoms with Gasteiger partial charge in [0.25, 0.3) is 5.56 Å². The summed E-state index contributed by atoms with van der Waals surface area (Å²) in [5, 5.41) is 9.98. The smallest absolute Gasteiger partial charge is 0.260 e. The minimum Gasteiger partial charge on any atom is -0.494 e. The molecule has 0 aliphatic heterocycles. The number of methoxy groups -OCH3 is 1. The Hall–Kier alpha value is -2.98. The van der Waals surface area contributed by atoms with Crippen LogP contribution in [0.25, 0.3) is 21.9 Å². The van der Waals surface area contributed by atoms with Gasteiger partial charge in [0.15, 0.2) is 17.4 Å². The van der Waals surface area contributed by atoms with E-state index in [0.717, 1.165) is 10.4 Å². The summed E-state index contributed by atoms with van der Waals surface area (Å²) in [5.41, 5.74) is 1.22. The van der Waals surface area contributed by atoms with Crippen LogP contribution in [0.15, 0.2) is 23.0 Å². The van der Waals surface area contributed by atoms with Crippen molar-refractivity contribution in [2.75, 3.05) is 7.11 Å². The van der Waals surface area contributed by atoms with Crippen LogP contribution in [0.2, 0.25) is 0 Å². The van der Waals surface area contributed by atoms with E-state index in [1.807, 2.05) is 19.9 Å². The molecule has 0 fully saturated rings. The van der Waals surface area contributed by atoms with Crippen LogP contribution >= 0.6 is 11.3 Å². The molecule has 0 bridgehead atoms. The number of hydrogen-bond donors (Lipinski definition) is 1. The molecule has 126 valence electrons. The van der Waals surface area contributed by atoms with Gasteiger partial charge in [0.2, 0.25) is 0 Å². The van der Waals surface area contributed by atoms with E-state index in [1.165, 1.54) is 36.7 Å². The number of benzene rings is 1. The highest BCUT2D eigenvalue weighted by molar-refractivity contribution is 7.18. The summed E-state index contributed by atoms with van der Waals surface area (Å²) in [6.45, 7) is 3.79. The highest BCUT2D eigenvalue weighted by Gasteiger charge is 2.14. The number of thiophene rings is 1. The number of H-pyrrole nitrogens is 1. The number of nitrogens with one attached hydrogen (secondary N) is 1. The molecule has 2 heterocycles. The summed E-state index contributed by atoms with van der Waals surface area (Å²) in [5.74, 6) is -0.249. The maximum Gasteiger partial charge on any atom is 0.260 e. The third kappa shape index (κ3) is 3.04. The third-order valence-electron chi connectivity index (χ3n) is 3.90. The molecule has 0 saturated carbocycles. The molecule has 0 aliphatic rings. The van der Waals surface area contributed by atoms with E-state index in [0.29, 0.717) is 15.8 Å². The van der Waals surface area contributed by atoms with Crippen LogP contribution < -0.4 is 10.3 Å². The molecule has 7 heteroatoms. The van der Waals surface area contributed by atoms with E-state index >= 15 is 0 Å². The molecule has 2 aromatic heterocycles. The van der Waals surface area contributed by atoms with Gasteiger partial charge < -0.3 is 9.72 Å². The number of aromatic amines is 1. The Bertz CT molecular complexity index is 1110. The Morgan fingerprint density at radius 3 is 2.84 bits per heavy atom. The van der Waals surface area contributed by atoms with Crippen molar-refractivity contribution in [3.63, 3.8) is 0 Å². The second-order valence-corrected chi connectivity index (χ2v) is 6.64. The van der Waals surface area contributed by atoms with Gasteiger partial charge in [-0.25, -0.2) is 9.37 Å². The zero-order valence-electron chi connectivity index (χ0n) is 13.8. The lowest BCUT2D eigenvalue weighted by atomic mass is 10.1. The summed E-state index contributed by atoms with van der Waals surface area (Å²) < 4.78 is 18.7. The predicted octanol–water partition coefficient (Wildman–Crippen LogP) is 3.81. The molecule has 0 aliphatic carbocycles. The van der Waals surface area contributed by atoms with Crippen molar-refractivity contribution in [3.8, 4) is 11.8 Å². The molecule has 5 nitrogen and oxygen atoms in total. The number of aryl methyl sites for hydroxylation is 2. The maximum absolute atomic E-state index is 13.8. The summed E-state index contributed by atoms with van der Waals surface area (Å²) in [4.78, 5) is 21.0. The van der Waals surface area contributed by atoms with E-state index in [-0.39, 0.29) is 22.7 Å². The molecule has 3 rings (SSSR count). The van der Waals surface area contributed by atoms with E-state index in [9.17, 15) is 14.4 Å². The van der Waals surface area contributed by atoms with Gasteiger partial charge in [-0.3, -0.25) is 4.79 Å². The normalized spacial score (nSPS) is 11.6. The zero-order valence-corrected chi connectivity index (χ0v) is 14.6. The Morgan fingerprint density at radius 1 is 1.44 bits per heavy atom. The highest BCUT2D eigenvalue weighted by Crippen LogP contribution is 2.27. The third-order valence-corrected chi connectivity index (χ3v) is 5.00. The lowest BCUT2D eigenvalue weighted by Crippen LogP contribution is -2.10. The second-order valence-electron chi connectivity index (χ2n) is 5.44. The average molecular weight is 355 g/mol. The molecular weight excluding hydrogens is 341 g/mol. The summed E-state index contributed by atoms with van der Waals surface area (Å²) in [6, 6.07) is 6.36. The Kier molecular flexibility index (Phi) is 4.38. The number of nitriles is 1. The van der Waals surface area contributed by atoms with Gasteiger partial charge in [-0.15, -0.1) is 11.3 Å². The molecular formula is C18H14FN3O2S. The molecule has 0 radical (unpaired) electrons. The first-order valence-electron chi connectivity index (χ1n) is 7.40. The molecule has 0 saturated heterocycles. The van der Waals surface area contributed by atoms with Gasteiger partial charge >= 0.3 is 0 Å². The lowest BCUT2D eigenvalue weighted by molar-refractivity contribution is 0.386. The second kappa shape index (κ2) is 6.49. The minimum atomic E-state index is -0.532. The number of allylic oxidation sites excluding steroid dienone is 1. The fourth-order valence-corrected chi connectivity index (χ4v) is 3.50.